The Morgan fingerprint density at radius 3 is 1.93 bits per heavy atom. The SMILES string of the molecule is CC1=Cc2c3c(c4c(c2C1[Si](C)(C)Cl)CC(C)(C)C4)CCCC3.CC1CC2C3=C(CCCC3)C3=C(CC(C)(C)C3)C2C1[Si](C)(C)[N-]C(C)(C)C.[CH3-].[Cl][Ti][Cl]. The number of hydrogen-bond donors (Lipinski definition) is 0. The van der Waals surface area contributed by atoms with E-state index in [0.29, 0.717) is 16.4 Å². The summed E-state index contributed by atoms with van der Waals surface area (Å²) in [6.07, 6.45) is 20.1. The average molecular weight is 864 g/mol. The van der Waals surface area contributed by atoms with Gasteiger partial charge < -0.3 is 12.4 Å². The van der Waals surface area contributed by atoms with E-state index in [0.717, 1.165) is 23.3 Å². The molecule has 1 saturated carbocycles. The molecule has 0 amide bonds. The van der Waals surface area contributed by atoms with Crippen LogP contribution in [0.5, 0.6) is 0 Å². The Hall–Kier alpha value is 0.418. The number of rotatable bonds is 3. The summed E-state index contributed by atoms with van der Waals surface area (Å²) in [5.41, 5.74) is 21.5. The van der Waals surface area contributed by atoms with E-state index in [1.807, 2.05) is 22.3 Å². The van der Waals surface area contributed by atoms with Crippen molar-refractivity contribution in [2.45, 2.75) is 189 Å². The molecule has 0 aliphatic heterocycles. The van der Waals surface area contributed by atoms with E-state index in [9.17, 15) is 0 Å². The molecule has 302 valence electrons. The first-order valence-electron chi connectivity index (χ1n) is 21.2. The van der Waals surface area contributed by atoms with Gasteiger partial charge in [-0.15, -0.1) is 5.54 Å². The molecule has 5 atom stereocenters. The van der Waals surface area contributed by atoms with Crippen molar-refractivity contribution < 1.29 is 17.0 Å². The molecule has 0 saturated heterocycles. The van der Waals surface area contributed by atoms with Gasteiger partial charge in [-0.25, -0.2) is 0 Å². The second-order valence-electron chi connectivity index (χ2n) is 22.0. The van der Waals surface area contributed by atoms with Gasteiger partial charge in [0.1, 0.15) is 0 Å². The van der Waals surface area contributed by atoms with Crippen LogP contribution in [0.3, 0.4) is 0 Å². The molecule has 7 aliphatic carbocycles. The molecular weight excluding hydrogens is 789 g/mol. The van der Waals surface area contributed by atoms with Crippen LogP contribution >= 0.6 is 29.7 Å². The van der Waals surface area contributed by atoms with Crippen LogP contribution in [0, 0.1) is 36.0 Å². The Kier molecular flexibility index (Phi) is 13.9. The first kappa shape index (κ1) is 45.5. The predicted molar refractivity (Wildman–Crippen MR) is 243 cm³/mol. The Labute approximate surface area is 356 Å². The van der Waals surface area contributed by atoms with E-state index in [1.54, 1.807) is 33.4 Å². The summed E-state index contributed by atoms with van der Waals surface area (Å²) in [6, 6.07) is 0. The summed E-state index contributed by atoms with van der Waals surface area (Å²) >= 11 is 6.46. The Morgan fingerprint density at radius 1 is 0.759 bits per heavy atom. The molecule has 0 heterocycles. The zero-order valence-electron chi connectivity index (χ0n) is 36.7. The number of benzene rings is 1. The molecule has 1 aromatic rings. The number of nitrogens with zero attached hydrogens (tertiary/aromatic N) is 1. The van der Waals surface area contributed by atoms with Gasteiger partial charge in [0.2, 0.25) is 0 Å². The van der Waals surface area contributed by atoms with Crippen LogP contribution in [0.2, 0.25) is 31.7 Å². The van der Waals surface area contributed by atoms with Gasteiger partial charge in [0.25, 0.3) is 0 Å². The molecule has 1 nitrogen and oxygen atoms in total. The van der Waals surface area contributed by atoms with Gasteiger partial charge in [0.05, 0.1) is 0 Å². The van der Waals surface area contributed by atoms with Crippen LogP contribution < -0.4 is 0 Å². The van der Waals surface area contributed by atoms with Gasteiger partial charge >= 0.3 is 35.6 Å². The molecule has 54 heavy (non-hydrogen) atoms. The third-order valence-corrected chi connectivity index (χ3v) is 20.8. The summed E-state index contributed by atoms with van der Waals surface area (Å²) < 4.78 is 0. The molecule has 0 N–H and O–H groups in total. The van der Waals surface area contributed by atoms with Crippen molar-refractivity contribution >= 4 is 51.4 Å². The van der Waals surface area contributed by atoms with E-state index in [1.165, 1.54) is 89.0 Å². The van der Waals surface area contributed by atoms with Crippen LogP contribution in [0.1, 0.15) is 159 Å². The van der Waals surface area contributed by atoms with Gasteiger partial charge in [-0.3, -0.25) is 0 Å². The van der Waals surface area contributed by atoms with Crippen molar-refractivity contribution in [3.8, 4) is 0 Å². The van der Waals surface area contributed by atoms with Crippen molar-refractivity contribution in [2.24, 2.45) is 28.6 Å². The van der Waals surface area contributed by atoms with Crippen LogP contribution in [0.4, 0.5) is 0 Å². The molecular formula is C47H74Cl3NSi2Ti-2. The summed E-state index contributed by atoms with van der Waals surface area (Å²) in [7, 11) is 6.34. The molecule has 8 rings (SSSR count). The predicted octanol–water partition coefficient (Wildman–Crippen LogP) is 16.0. The van der Waals surface area contributed by atoms with Crippen molar-refractivity contribution in [3.05, 3.63) is 73.7 Å². The Bertz CT molecular complexity index is 1690. The molecule has 7 heteroatoms. The zero-order chi connectivity index (χ0) is 39.1. The molecule has 0 spiro atoms. The van der Waals surface area contributed by atoms with Crippen molar-refractivity contribution in [2.75, 3.05) is 0 Å². The number of allylic oxidation sites excluding steroid dienone is 5. The fourth-order valence-corrected chi connectivity index (χ4v) is 21.1. The van der Waals surface area contributed by atoms with E-state index >= 15 is 0 Å². The number of hydrogen-bond acceptors (Lipinski definition) is 0. The van der Waals surface area contributed by atoms with Crippen molar-refractivity contribution in [1.82, 2.24) is 0 Å². The standard InChI is InChI=1S/C25H42NSi.C21H29ClSi.CH3.2ClH.Ti/c1-16-13-19-17-11-9-10-12-18(17)20-14-25(5,6)15-21(20)22(19)23(16)27(7,8)26-24(2,3)4;1-13-10-16-14-8-6-7-9-15(14)17-11-21(2,3)12-18(17)19(16)20(13)23(4,5)22;;;;/h16,19,22-23H,9-15H2,1-8H3;10,20H,6-9,11-12H2,1-5H3;1H3;2*1H;/q-1;;-1;;;+2/p-2. The van der Waals surface area contributed by atoms with Gasteiger partial charge in [-0.2, -0.15) is 11.1 Å². The second kappa shape index (κ2) is 16.5. The molecule has 0 radical (unpaired) electrons. The molecule has 1 aromatic carbocycles. The van der Waals surface area contributed by atoms with Crippen LogP contribution in [-0.4, -0.2) is 21.2 Å². The fourth-order valence-electron chi connectivity index (χ4n) is 13.3. The second-order valence-corrected chi connectivity index (χ2v) is 35.4. The maximum absolute atomic E-state index is 7.02. The Morgan fingerprint density at radius 2 is 1.31 bits per heavy atom. The zero-order valence-corrected chi connectivity index (χ0v) is 42.6. The maximum atomic E-state index is 7.02. The van der Waals surface area contributed by atoms with Gasteiger partial charge in [-0.1, -0.05) is 118 Å². The van der Waals surface area contributed by atoms with Gasteiger partial charge in [0, 0.05) is 5.54 Å². The normalized spacial score (nSPS) is 28.9. The van der Waals surface area contributed by atoms with Crippen LogP contribution in [0.15, 0.2) is 27.9 Å². The summed E-state index contributed by atoms with van der Waals surface area (Å²) in [5.74, 6) is 2.51. The summed E-state index contributed by atoms with van der Waals surface area (Å²) in [4.78, 5) is 5.52. The number of halogens is 3. The van der Waals surface area contributed by atoms with Gasteiger partial charge in [-0.05, 0) is 164 Å². The minimum atomic E-state index is -1.77. The monoisotopic (exact) mass is 861 g/mol. The number of fused-ring (bicyclic) bond motifs is 10. The fraction of sp³-hybridized carbons (Fsp3) is 0.723. The van der Waals surface area contributed by atoms with Crippen LogP contribution in [0.25, 0.3) is 11.1 Å². The van der Waals surface area contributed by atoms with Crippen molar-refractivity contribution in [3.63, 3.8) is 0 Å². The summed E-state index contributed by atoms with van der Waals surface area (Å²) in [6.45, 7) is 31.6. The van der Waals surface area contributed by atoms with Crippen molar-refractivity contribution in [1.29, 1.82) is 0 Å². The van der Waals surface area contributed by atoms with E-state index < -0.39 is 32.7 Å². The first-order chi connectivity index (χ1) is 24.5. The molecule has 5 unspecified atom stereocenters. The van der Waals surface area contributed by atoms with Crippen LogP contribution in [-0.2, 0) is 42.7 Å². The van der Waals surface area contributed by atoms with Gasteiger partial charge in [0.15, 0.2) is 7.38 Å². The van der Waals surface area contributed by atoms with E-state index in [-0.39, 0.29) is 13.0 Å². The third kappa shape index (κ3) is 8.95. The quantitative estimate of drug-likeness (QED) is 0.163. The topological polar surface area (TPSA) is 14.1 Å². The molecule has 0 aromatic heterocycles. The molecule has 7 aliphatic rings. The molecule has 0 bridgehead atoms. The molecule has 1 fully saturated rings. The Balaban J connectivity index is 0.000000192. The minimum absolute atomic E-state index is 0. The van der Waals surface area contributed by atoms with E-state index in [4.69, 9.17) is 34.7 Å². The third-order valence-electron chi connectivity index (χ3n) is 14.2. The average Bonchev–Trinajstić information content (AvgIpc) is 3.75. The summed E-state index contributed by atoms with van der Waals surface area (Å²) in [5, 5.41) is 0. The van der Waals surface area contributed by atoms with E-state index in [2.05, 4.69) is 94.6 Å². The first-order valence-corrected chi connectivity index (χ1v) is 32.6.